The summed E-state index contributed by atoms with van der Waals surface area (Å²) in [5.41, 5.74) is 2.65. The Hall–Kier alpha value is -2.56. The van der Waals surface area contributed by atoms with Gasteiger partial charge in [-0.3, -0.25) is 0 Å². The van der Waals surface area contributed by atoms with Gasteiger partial charge in [0.25, 0.3) is 0 Å². The predicted octanol–water partition coefficient (Wildman–Crippen LogP) is 4.58. The number of carboxylic acids is 1. The van der Waals surface area contributed by atoms with Crippen molar-refractivity contribution in [1.82, 2.24) is 0 Å². The molecule has 0 unspecified atom stereocenters. The Balaban J connectivity index is 0.000000199. The largest absolute Gasteiger partial charge is 0.490 e. The van der Waals surface area contributed by atoms with Gasteiger partial charge >= 0.3 is 12.1 Å². The van der Waals surface area contributed by atoms with Gasteiger partial charge in [0.05, 0.1) is 0 Å². The van der Waals surface area contributed by atoms with Crippen LogP contribution in [0.3, 0.4) is 0 Å². The molecule has 1 aromatic carbocycles. The van der Waals surface area contributed by atoms with Gasteiger partial charge in [-0.15, -0.1) is 0 Å². The Kier molecular flexibility index (Phi) is 4.12. The van der Waals surface area contributed by atoms with Crippen LogP contribution in [-0.2, 0) is 4.79 Å². The maximum atomic E-state index is 10.6. The standard InChI is InChI=1S/C14H10.C2HF3O2/c1-2-9-13-11(5-1)6-3-7-12-8-4-10-14(12)13;3-2(4,5)1(6)7/h1-10H;(H,6,7). The van der Waals surface area contributed by atoms with Crippen LogP contribution < -0.4 is 0 Å². The van der Waals surface area contributed by atoms with Gasteiger partial charge in [-0.1, -0.05) is 60.7 Å². The van der Waals surface area contributed by atoms with Crippen LogP contribution in [0.1, 0.15) is 0 Å². The first-order chi connectivity index (χ1) is 9.89. The van der Waals surface area contributed by atoms with Crippen molar-refractivity contribution in [3.05, 3.63) is 60.7 Å². The Morgan fingerprint density at radius 2 is 1.38 bits per heavy atom. The quantitative estimate of drug-likeness (QED) is 0.658. The number of hydrogen-bond donors (Lipinski definition) is 1. The van der Waals surface area contributed by atoms with Crippen molar-refractivity contribution >= 4 is 16.7 Å². The smallest absolute Gasteiger partial charge is 0.475 e. The molecule has 0 fully saturated rings. The molecule has 0 radical (unpaired) electrons. The van der Waals surface area contributed by atoms with E-state index in [0.717, 1.165) is 0 Å². The Morgan fingerprint density at radius 3 is 2.00 bits per heavy atom. The Labute approximate surface area is 118 Å². The van der Waals surface area contributed by atoms with Crippen molar-refractivity contribution in [2.24, 2.45) is 0 Å². The summed E-state index contributed by atoms with van der Waals surface area (Å²) in [6.45, 7) is 0. The molecule has 0 amide bonds. The van der Waals surface area contributed by atoms with Crippen LogP contribution >= 0.6 is 0 Å². The first kappa shape index (κ1) is 14.8. The highest BCUT2D eigenvalue weighted by molar-refractivity contribution is 5.96. The minimum Gasteiger partial charge on any atom is -0.475 e. The summed E-state index contributed by atoms with van der Waals surface area (Å²) in [6, 6.07) is 21.4. The SMILES string of the molecule is O=C(O)C(F)(F)F.c1cc2cccc3ccccc3c-2c1. The molecule has 2 aliphatic rings. The number of rotatable bonds is 0. The zero-order chi connectivity index (χ0) is 15.5. The van der Waals surface area contributed by atoms with E-state index in [1.54, 1.807) is 0 Å². The summed E-state index contributed by atoms with van der Waals surface area (Å²) in [5, 5.41) is 9.76. The summed E-state index contributed by atoms with van der Waals surface area (Å²) in [6.07, 6.45) is -5.08. The summed E-state index contributed by atoms with van der Waals surface area (Å²) >= 11 is 0. The maximum absolute atomic E-state index is 10.6. The number of benzene rings is 1. The third kappa shape index (κ3) is 3.51. The molecule has 1 aromatic rings. The van der Waals surface area contributed by atoms with Crippen LogP contribution in [0.15, 0.2) is 60.7 Å². The minimum absolute atomic E-state index is 1.30. The highest BCUT2D eigenvalue weighted by Gasteiger charge is 2.38. The molecule has 0 spiro atoms. The molecule has 0 aromatic heterocycles. The number of halogens is 3. The molecule has 21 heavy (non-hydrogen) atoms. The van der Waals surface area contributed by atoms with Gasteiger partial charge in [-0.25, -0.2) is 4.79 Å². The summed E-state index contributed by atoms with van der Waals surface area (Å²) in [4.78, 5) is 8.90. The second-order valence-electron chi connectivity index (χ2n) is 4.31. The fourth-order valence-electron chi connectivity index (χ4n) is 1.97. The normalized spacial score (nSPS) is 11.0. The monoisotopic (exact) mass is 292 g/mol. The van der Waals surface area contributed by atoms with Crippen molar-refractivity contribution in [3.8, 4) is 11.1 Å². The number of hydrogen-bond acceptors (Lipinski definition) is 1. The molecule has 108 valence electrons. The summed E-state index contributed by atoms with van der Waals surface area (Å²) in [5.74, 6) is -2.76. The van der Waals surface area contributed by atoms with Crippen LogP contribution in [0.4, 0.5) is 13.2 Å². The number of carbonyl (C=O) groups is 1. The first-order valence-electron chi connectivity index (χ1n) is 6.06. The third-order valence-electron chi connectivity index (χ3n) is 2.89. The minimum atomic E-state index is -5.08. The molecule has 0 heterocycles. The van der Waals surface area contributed by atoms with E-state index in [-0.39, 0.29) is 0 Å². The van der Waals surface area contributed by atoms with E-state index in [1.165, 1.54) is 21.9 Å². The first-order valence-corrected chi connectivity index (χ1v) is 6.06. The fraction of sp³-hybridized carbons (Fsp3) is 0.0625. The average molecular weight is 292 g/mol. The van der Waals surface area contributed by atoms with E-state index in [2.05, 4.69) is 60.7 Å². The van der Waals surface area contributed by atoms with Crippen LogP contribution in [0.5, 0.6) is 0 Å². The van der Waals surface area contributed by atoms with E-state index >= 15 is 0 Å². The fourth-order valence-corrected chi connectivity index (χ4v) is 1.97. The van der Waals surface area contributed by atoms with E-state index in [0.29, 0.717) is 0 Å². The lowest BCUT2D eigenvalue weighted by Crippen LogP contribution is -2.21. The lowest BCUT2D eigenvalue weighted by molar-refractivity contribution is -0.192. The molecule has 2 nitrogen and oxygen atoms in total. The van der Waals surface area contributed by atoms with Gasteiger partial charge in [-0.2, -0.15) is 13.2 Å². The molecule has 0 saturated heterocycles. The zero-order valence-corrected chi connectivity index (χ0v) is 10.8. The number of alkyl halides is 3. The number of fused-ring (bicyclic) bond motifs is 3. The topological polar surface area (TPSA) is 37.3 Å². The van der Waals surface area contributed by atoms with Gasteiger partial charge < -0.3 is 5.11 Å². The molecular weight excluding hydrogens is 281 g/mol. The van der Waals surface area contributed by atoms with Crippen molar-refractivity contribution in [2.45, 2.75) is 6.18 Å². The molecular formula is C16H11F3O2. The molecule has 0 aliphatic heterocycles. The maximum Gasteiger partial charge on any atom is 0.490 e. The van der Waals surface area contributed by atoms with E-state index < -0.39 is 12.1 Å². The van der Waals surface area contributed by atoms with E-state index in [1.807, 2.05) is 0 Å². The molecule has 1 N–H and O–H groups in total. The van der Waals surface area contributed by atoms with Gasteiger partial charge in [-0.05, 0) is 21.9 Å². The number of carboxylic acid groups (broad SMARTS) is 1. The highest BCUT2D eigenvalue weighted by atomic mass is 19.4. The van der Waals surface area contributed by atoms with Crippen molar-refractivity contribution in [3.63, 3.8) is 0 Å². The highest BCUT2D eigenvalue weighted by Crippen LogP contribution is 2.29. The molecule has 0 bridgehead atoms. The lowest BCUT2D eigenvalue weighted by atomic mass is 10.1. The lowest BCUT2D eigenvalue weighted by Gasteiger charge is -1.96. The average Bonchev–Trinajstić information content (AvgIpc) is 2.81. The third-order valence-corrected chi connectivity index (χ3v) is 2.89. The van der Waals surface area contributed by atoms with Crippen LogP contribution in [0.2, 0.25) is 0 Å². The van der Waals surface area contributed by atoms with Gasteiger partial charge in [0.1, 0.15) is 0 Å². The van der Waals surface area contributed by atoms with Crippen LogP contribution in [-0.4, -0.2) is 17.3 Å². The second-order valence-corrected chi connectivity index (χ2v) is 4.31. The Morgan fingerprint density at radius 1 is 0.857 bits per heavy atom. The Bertz CT molecular complexity index is 735. The van der Waals surface area contributed by atoms with Gasteiger partial charge in [0.2, 0.25) is 0 Å². The molecule has 0 saturated carbocycles. The predicted molar refractivity (Wildman–Crippen MR) is 74.3 cm³/mol. The molecule has 2 aliphatic carbocycles. The molecule has 0 atom stereocenters. The van der Waals surface area contributed by atoms with Crippen molar-refractivity contribution in [1.29, 1.82) is 0 Å². The van der Waals surface area contributed by atoms with Crippen molar-refractivity contribution in [2.75, 3.05) is 0 Å². The summed E-state index contributed by atoms with van der Waals surface area (Å²) in [7, 11) is 0. The zero-order valence-electron chi connectivity index (χ0n) is 10.8. The van der Waals surface area contributed by atoms with Crippen LogP contribution in [0.25, 0.3) is 21.9 Å². The molecule has 3 rings (SSSR count). The second kappa shape index (κ2) is 5.83. The van der Waals surface area contributed by atoms with Crippen molar-refractivity contribution < 1.29 is 23.1 Å². The molecule has 5 heteroatoms. The van der Waals surface area contributed by atoms with E-state index in [9.17, 15) is 13.2 Å². The van der Waals surface area contributed by atoms with Gasteiger partial charge in [0.15, 0.2) is 0 Å². The van der Waals surface area contributed by atoms with E-state index in [4.69, 9.17) is 9.90 Å². The van der Waals surface area contributed by atoms with Gasteiger partial charge in [0, 0.05) is 0 Å². The van der Waals surface area contributed by atoms with Crippen LogP contribution in [0, 0.1) is 0 Å². The number of aliphatic carboxylic acids is 1. The summed E-state index contributed by atoms with van der Waals surface area (Å²) < 4.78 is 31.7.